The third-order valence-electron chi connectivity index (χ3n) is 3.98. The number of amides is 3. The molecule has 0 aromatic heterocycles. The first-order chi connectivity index (χ1) is 13.3. The van der Waals surface area contributed by atoms with Gasteiger partial charge in [-0.05, 0) is 42.8 Å². The minimum Gasteiger partial charge on any atom is -0.493 e. The molecule has 0 unspecified atom stereocenters. The molecule has 4 N–H and O–H groups in total. The highest BCUT2D eigenvalue weighted by molar-refractivity contribution is 5.99. The fraction of sp³-hybridized carbons (Fsp3) is 0.286. The van der Waals surface area contributed by atoms with Gasteiger partial charge >= 0.3 is 0 Å². The van der Waals surface area contributed by atoms with E-state index in [0.29, 0.717) is 29.2 Å². The molecule has 7 nitrogen and oxygen atoms in total. The quantitative estimate of drug-likeness (QED) is 0.651. The van der Waals surface area contributed by atoms with E-state index in [1.54, 1.807) is 56.3 Å². The molecule has 0 heterocycles. The van der Waals surface area contributed by atoms with E-state index in [-0.39, 0.29) is 24.3 Å². The van der Waals surface area contributed by atoms with Crippen LogP contribution < -0.4 is 21.1 Å². The third kappa shape index (κ3) is 5.57. The van der Waals surface area contributed by atoms with Crippen LogP contribution in [-0.4, -0.2) is 24.3 Å². The van der Waals surface area contributed by atoms with Crippen LogP contribution in [0.3, 0.4) is 0 Å². The molecule has 0 fully saturated rings. The minimum absolute atomic E-state index is 0.140. The molecule has 0 bridgehead atoms. The first kappa shape index (κ1) is 21.0. The number of benzene rings is 2. The maximum atomic E-state index is 12.7. The van der Waals surface area contributed by atoms with Crippen LogP contribution in [0, 0.1) is 5.92 Å². The Morgan fingerprint density at radius 2 is 1.86 bits per heavy atom. The molecule has 0 aliphatic heterocycles. The first-order valence-electron chi connectivity index (χ1n) is 9.06. The molecule has 0 saturated carbocycles. The molecule has 0 saturated heterocycles. The van der Waals surface area contributed by atoms with Gasteiger partial charge in [0.1, 0.15) is 5.75 Å². The lowest BCUT2D eigenvalue weighted by Gasteiger charge is -2.14. The topological polar surface area (TPSA) is 111 Å². The molecule has 0 spiro atoms. The van der Waals surface area contributed by atoms with Crippen LogP contribution in [0.4, 0.5) is 5.69 Å². The van der Waals surface area contributed by atoms with Crippen LogP contribution in [0.15, 0.2) is 42.5 Å². The average Bonchev–Trinajstić information content (AvgIpc) is 2.67. The molecule has 0 aliphatic carbocycles. The van der Waals surface area contributed by atoms with Crippen molar-refractivity contribution in [2.24, 2.45) is 11.7 Å². The van der Waals surface area contributed by atoms with Crippen LogP contribution in [0.5, 0.6) is 5.75 Å². The number of rotatable bonds is 8. The Labute approximate surface area is 164 Å². The first-order valence-corrected chi connectivity index (χ1v) is 9.06. The zero-order chi connectivity index (χ0) is 20.7. The van der Waals surface area contributed by atoms with Crippen LogP contribution >= 0.6 is 0 Å². The Hall–Kier alpha value is -3.35. The third-order valence-corrected chi connectivity index (χ3v) is 3.98. The molecule has 148 valence electrons. The van der Waals surface area contributed by atoms with E-state index < -0.39 is 5.91 Å². The molecular weight excluding hydrogens is 358 g/mol. The summed E-state index contributed by atoms with van der Waals surface area (Å²) >= 11 is 0. The van der Waals surface area contributed by atoms with E-state index in [1.165, 1.54) is 0 Å². The Kier molecular flexibility index (Phi) is 7.14. The number of primary amides is 1. The fourth-order valence-electron chi connectivity index (χ4n) is 2.47. The zero-order valence-corrected chi connectivity index (χ0v) is 16.2. The molecule has 0 aliphatic rings. The highest BCUT2D eigenvalue weighted by Gasteiger charge is 2.15. The van der Waals surface area contributed by atoms with Gasteiger partial charge in [0.25, 0.3) is 5.91 Å². The van der Waals surface area contributed by atoms with E-state index in [1.807, 2.05) is 6.92 Å². The van der Waals surface area contributed by atoms with Gasteiger partial charge in [-0.3, -0.25) is 14.4 Å². The number of hydrogen-bond acceptors (Lipinski definition) is 4. The van der Waals surface area contributed by atoms with E-state index in [4.69, 9.17) is 10.5 Å². The lowest BCUT2D eigenvalue weighted by atomic mass is 10.1. The van der Waals surface area contributed by atoms with Gasteiger partial charge in [-0.25, -0.2) is 0 Å². The molecule has 0 atom stereocenters. The van der Waals surface area contributed by atoms with Gasteiger partial charge in [-0.15, -0.1) is 0 Å². The largest absolute Gasteiger partial charge is 0.493 e. The Morgan fingerprint density at radius 3 is 2.50 bits per heavy atom. The van der Waals surface area contributed by atoms with Crippen LogP contribution in [0.2, 0.25) is 0 Å². The smallest absolute Gasteiger partial charge is 0.255 e. The summed E-state index contributed by atoms with van der Waals surface area (Å²) in [6.45, 7) is 6.02. The van der Waals surface area contributed by atoms with E-state index in [2.05, 4.69) is 10.6 Å². The lowest BCUT2D eigenvalue weighted by Crippen LogP contribution is -2.24. The Morgan fingerprint density at radius 1 is 1.11 bits per heavy atom. The van der Waals surface area contributed by atoms with Crippen LogP contribution in [0.1, 0.15) is 47.1 Å². The van der Waals surface area contributed by atoms with Crippen molar-refractivity contribution in [1.82, 2.24) is 5.32 Å². The summed E-state index contributed by atoms with van der Waals surface area (Å²) in [5.74, 6) is -0.775. The van der Waals surface area contributed by atoms with Gasteiger partial charge in [0.15, 0.2) is 0 Å². The molecule has 0 radical (unpaired) electrons. The number of nitrogens with two attached hydrogens (primary N) is 1. The summed E-state index contributed by atoms with van der Waals surface area (Å²) in [4.78, 5) is 35.9. The number of ether oxygens (including phenoxy) is 1. The van der Waals surface area contributed by atoms with Gasteiger partial charge in [0.05, 0.1) is 12.2 Å². The number of carbonyl (C=O) groups is 3. The second-order valence-corrected chi connectivity index (χ2v) is 6.54. The maximum Gasteiger partial charge on any atom is 0.255 e. The van der Waals surface area contributed by atoms with Crippen molar-refractivity contribution in [3.63, 3.8) is 0 Å². The van der Waals surface area contributed by atoms with Crippen molar-refractivity contribution in [3.05, 3.63) is 59.2 Å². The number of nitrogens with one attached hydrogen (secondary N) is 2. The molecule has 2 aromatic rings. The average molecular weight is 383 g/mol. The number of anilines is 1. The Balaban J connectivity index is 2.18. The molecule has 3 amide bonds. The second kappa shape index (κ2) is 9.55. The van der Waals surface area contributed by atoms with Gasteiger partial charge in [0, 0.05) is 23.7 Å². The fourth-order valence-corrected chi connectivity index (χ4v) is 2.47. The predicted molar refractivity (Wildman–Crippen MR) is 107 cm³/mol. The SMILES string of the molecule is CCOc1ccc(NC(=O)C(C)C)cc1C(=O)NCc1cccc(C(N)=O)c1. The summed E-state index contributed by atoms with van der Waals surface area (Å²) in [5, 5.41) is 5.57. The highest BCUT2D eigenvalue weighted by Crippen LogP contribution is 2.23. The summed E-state index contributed by atoms with van der Waals surface area (Å²) in [6, 6.07) is 11.7. The minimum atomic E-state index is -0.527. The predicted octanol–water partition coefficient (Wildman–Crippen LogP) is 2.71. The van der Waals surface area contributed by atoms with Crippen molar-refractivity contribution in [2.45, 2.75) is 27.3 Å². The molecule has 28 heavy (non-hydrogen) atoms. The number of carbonyl (C=O) groups excluding carboxylic acids is 3. The number of hydrogen-bond donors (Lipinski definition) is 3. The highest BCUT2D eigenvalue weighted by atomic mass is 16.5. The standard InChI is InChI=1S/C21H25N3O4/c1-4-28-18-9-8-16(24-20(26)13(2)3)11-17(18)21(27)23-12-14-6-5-7-15(10-14)19(22)25/h5-11,13H,4,12H2,1-3H3,(H2,22,25)(H,23,27)(H,24,26). The van der Waals surface area contributed by atoms with E-state index in [0.717, 1.165) is 5.56 Å². The maximum absolute atomic E-state index is 12.7. The monoisotopic (exact) mass is 383 g/mol. The summed E-state index contributed by atoms with van der Waals surface area (Å²) in [6.07, 6.45) is 0. The van der Waals surface area contributed by atoms with E-state index >= 15 is 0 Å². The van der Waals surface area contributed by atoms with Gasteiger partial charge in [0.2, 0.25) is 11.8 Å². The van der Waals surface area contributed by atoms with Gasteiger partial charge in [-0.2, -0.15) is 0 Å². The van der Waals surface area contributed by atoms with Crippen molar-refractivity contribution in [1.29, 1.82) is 0 Å². The summed E-state index contributed by atoms with van der Waals surface area (Å²) < 4.78 is 5.53. The van der Waals surface area contributed by atoms with Gasteiger partial charge < -0.3 is 21.1 Å². The molecule has 7 heteroatoms. The van der Waals surface area contributed by atoms with Crippen molar-refractivity contribution >= 4 is 23.4 Å². The van der Waals surface area contributed by atoms with Crippen molar-refractivity contribution in [3.8, 4) is 5.75 Å². The van der Waals surface area contributed by atoms with Crippen molar-refractivity contribution < 1.29 is 19.1 Å². The zero-order valence-electron chi connectivity index (χ0n) is 16.2. The summed E-state index contributed by atoms with van der Waals surface area (Å²) in [7, 11) is 0. The molecule has 2 rings (SSSR count). The normalized spacial score (nSPS) is 10.4. The van der Waals surface area contributed by atoms with Gasteiger partial charge in [-0.1, -0.05) is 26.0 Å². The lowest BCUT2D eigenvalue weighted by molar-refractivity contribution is -0.118. The van der Waals surface area contributed by atoms with Crippen LogP contribution in [0.25, 0.3) is 0 Å². The van der Waals surface area contributed by atoms with Crippen molar-refractivity contribution in [2.75, 3.05) is 11.9 Å². The van der Waals surface area contributed by atoms with E-state index in [9.17, 15) is 14.4 Å². The molecule has 2 aromatic carbocycles. The van der Waals surface area contributed by atoms with Crippen LogP contribution in [-0.2, 0) is 11.3 Å². The second-order valence-electron chi connectivity index (χ2n) is 6.54. The Bertz CT molecular complexity index is 878. The summed E-state index contributed by atoms with van der Waals surface area (Å²) in [5.41, 5.74) is 7.23. The molecular formula is C21H25N3O4.